The molecule has 5 rings (SSSR count). The lowest BCUT2D eigenvalue weighted by atomic mass is 9.78. The van der Waals surface area contributed by atoms with Gasteiger partial charge in [0.25, 0.3) is 5.91 Å². The van der Waals surface area contributed by atoms with E-state index in [1.807, 2.05) is 12.1 Å². The Balaban J connectivity index is 1.39. The molecule has 2 fully saturated rings. The van der Waals surface area contributed by atoms with Crippen molar-refractivity contribution in [3.8, 4) is 0 Å². The van der Waals surface area contributed by atoms with E-state index in [0.717, 1.165) is 48.6 Å². The van der Waals surface area contributed by atoms with Gasteiger partial charge in [0.05, 0.1) is 10.9 Å². The number of hydrogen-bond acceptors (Lipinski definition) is 4. The van der Waals surface area contributed by atoms with Crippen molar-refractivity contribution in [2.24, 2.45) is 0 Å². The van der Waals surface area contributed by atoms with Crippen molar-refractivity contribution in [3.05, 3.63) is 56.2 Å². The van der Waals surface area contributed by atoms with Crippen molar-refractivity contribution in [2.45, 2.75) is 62.8 Å². The van der Waals surface area contributed by atoms with Gasteiger partial charge in [0.2, 0.25) is 0 Å². The molecular weight excluding hydrogens is 392 g/mol. The Labute approximate surface area is 174 Å². The molecule has 4 nitrogen and oxygen atoms in total. The number of halogens is 1. The Hall–Kier alpha value is -1.40. The lowest BCUT2D eigenvalue weighted by Crippen LogP contribution is -2.49. The Morgan fingerprint density at radius 2 is 2.07 bits per heavy atom. The summed E-state index contributed by atoms with van der Waals surface area (Å²) in [6, 6.07) is 11.1. The molecule has 2 aliphatic heterocycles. The maximum Gasteiger partial charge on any atom is 0.251 e. The van der Waals surface area contributed by atoms with E-state index in [0.29, 0.717) is 12.1 Å². The molecule has 1 amide bonds. The summed E-state index contributed by atoms with van der Waals surface area (Å²) in [6.45, 7) is 2.97. The molecule has 148 valence electrons. The van der Waals surface area contributed by atoms with Crippen molar-refractivity contribution in [2.75, 3.05) is 6.61 Å². The van der Waals surface area contributed by atoms with Crippen LogP contribution in [0, 0.1) is 0 Å². The molecule has 3 unspecified atom stereocenters. The molecule has 6 heteroatoms. The predicted molar refractivity (Wildman–Crippen MR) is 112 cm³/mol. The fraction of sp³-hybridized carbons (Fsp3) is 0.500. The molecule has 2 aromatic rings. The third-order valence-electron chi connectivity index (χ3n) is 6.09. The first-order valence-corrected chi connectivity index (χ1v) is 11.3. The number of nitrogens with one attached hydrogen (secondary N) is 2. The van der Waals surface area contributed by atoms with E-state index in [1.54, 1.807) is 11.3 Å². The van der Waals surface area contributed by atoms with Crippen molar-refractivity contribution >= 4 is 28.8 Å². The fourth-order valence-electron chi connectivity index (χ4n) is 4.64. The molecular formula is C22H25ClN2O2S. The smallest absolute Gasteiger partial charge is 0.251 e. The average molecular weight is 417 g/mol. The average Bonchev–Trinajstić information content (AvgIpc) is 3.40. The van der Waals surface area contributed by atoms with Gasteiger partial charge in [-0.15, -0.1) is 11.3 Å². The zero-order valence-electron chi connectivity index (χ0n) is 16.0. The van der Waals surface area contributed by atoms with E-state index in [1.165, 1.54) is 16.0 Å². The largest absolute Gasteiger partial charge is 0.369 e. The summed E-state index contributed by atoms with van der Waals surface area (Å²) >= 11 is 8.01. The number of carbonyl (C=O) groups is 1. The summed E-state index contributed by atoms with van der Waals surface area (Å²) in [5.41, 5.74) is 3.02. The van der Waals surface area contributed by atoms with Gasteiger partial charge in [-0.2, -0.15) is 0 Å². The Kier molecular flexibility index (Phi) is 4.74. The van der Waals surface area contributed by atoms with E-state index in [4.69, 9.17) is 16.3 Å². The van der Waals surface area contributed by atoms with Crippen LogP contribution in [-0.4, -0.2) is 24.6 Å². The molecule has 28 heavy (non-hydrogen) atoms. The second kappa shape index (κ2) is 7.13. The van der Waals surface area contributed by atoms with Crippen LogP contribution >= 0.6 is 22.9 Å². The van der Waals surface area contributed by atoms with E-state index < -0.39 is 0 Å². The summed E-state index contributed by atoms with van der Waals surface area (Å²) in [5.74, 6) is 0.0315. The first kappa shape index (κ1) is 18.6. The highest BCUT2D eigenvalue weighted by atomic mass is 35.5. The quantitative estimate of drug-likeness (QED) is 0.770. The minimum atomic E-state index is -0.261. The van der Waals surface area contributed by atoms with E-state index in [9.17, 15) is 4.79 Å². The summed E-state index contributed by atoms with van der Waals surface area (Å²) < 4.78 is 7.28. The molecule has 3 heterocycles. The van der Waals surface area contributed by atoms with Crippen LogP contribution in [0.1, 0.15) is 65.0 Å². The second-order valence-electron chi connectivity index (χ2n) is 8.40. The fourth-order valence-corrected chi connectivity index (χ4v) is 6.10. The SMILES string of the molecule is CC1CC2(CC(c3ccc(C(=O)NC4CC4)cc3)N1)OCCc1cc(Cl)sc12. The van der Waals surface area contributed by atoms with Gasteiger partial charge in [-0.05, 0) is 61.9 Å². The first-order chi connectivity index (χ1) is 13.5. The molecule has 1 aromatic carbocycles. The highest BCUT2D eigenvalue weighted by Crippen LogP contribution is 2.50. The monoisotopic (exact) mass is 416 g/mol. The number of amides is 1. The van der Waals surface area contributed by atoms with Crippen LogP contribution in [0.25, 0.3) is 0 Å². The molecule has 3 atom stereocenters. The van der Waals surface area contributed by atoms with Gasteiger partial charge in [-0.25, -0.2) is 0 Å². The van der Waals surface area contributed by atoms with Gasteiger partial charge >= 0.3 is 0 Å². The molecule has 1 spiro atoms. The zero-order valence-corrected chi connectivity index (χ0v) is 17.5. The van der Waals surface area contributed by atoms with Gasteiger partial charge in [0, 0.05) is 35.0 Å². The summed E-state index contributed by atoms with van der Waals surface area (Å²) in [6.07, 6.45) is 4.98. The number of thiophene rings is 1. The van der Waals surface area contributed by atoms with E-state index in [-0.39, 0.29) is 17.6 Å². The number of benzene rings is 1. The van der Waals surface area contributed by atoms with Gasteiger partial charge in [0.15, 0.2) is 0 Å². The van der Waals surface area contributed by atoms with Crippen LogP contribution in [0.3, 0.4) is 0 Å². The molecule has 1 saturated heterocycles. The van der Waals surface area contributed by atoms with Crippen LogP contribution in [0.15, 0.2) is 30.3 Å². The summed E-state index contributed by atoms with van der Waals surface area (Å²) in [7, 11) is 0. The van der Waals surface area contributed by atoms with Crippen LogP contribution < -0.4 is 10.6 Å². The Morgan fingerprint density at radius 3 is 2.82 bits per heavy atom. The second-order valence-corrected chi connectivity index (χ2v) is 10.1. The van der Waals surface area contributed by atoms with Crippen molar-refractivity contribution in [1.29, 1.82) is 0 Å². The van der Waals surface area contributed by atoms with Gasteiger partial charge in [-0.3, -0.25) is 4.79 Å². The first-order valence-electron chi connectivity index (χ1n) is 10.1. The predicted octanol–water partition coefficient (Wildman–Crippen LogP) is 4.57. The standard InChI is InChI=1S/C22H25ClN2O2S/c1-13-11-22(20-16(8-9-27-22)10-19(23)28-20)12-18(24-13)14-2-4-15(5-3-14)21(26)25-17-6-7-17/h2-5,10,13,17-18,24H,6-9,11-12H2,1H3,(H,25,26). The van der Waals surface area contributed by atoms with E-state index >= 15 is 0 Å². The van der Waals surface area contributed by atoms with Crippen LogP contribution in [0.2, 0.25) is 4.34 Å². The number of fused-ring (bicyclic) bond motifs is 2. The molecule has 1 aliphatic carbocycles. The third kappa shape index (κ3) is 3.50. The lowest BCUT2D eigenvalue weighted by molar-refractivity contribution is -0.0954. The maximum absolute atomic E-state index is 12.3. The number of carbonyl (C=O) groups excluding carboxylic acids is 1. The van der Waals surface area contributed by atoms with Gasteiger partial charge < -0.3 is 15.4 Å². The minimum absolute atomic E-state index is 0.0315. The minimum Gasteiger partial charge on any atom is -0.369 e. The van der Waals surface area contributed by atoms with Crippen molar-refractivity contribution in [1.82, 2.24) is 10.6 Å². The van der Waals surface area contributed by atoms with Crippen molar-refractivity contribution < 1.29 is 9.53 Å². The van der Waals surface area contributed by atoms with Crippen LogP contribution in [0.4, 0.5) is 0 Å². The number of piperidine rings is 1. The Bertz CT molecular complexity index is 892. The molecule has 0 radical (unpaired) electrons. The molecule has 2 N–H and O–H groups in total. The Morgan fingerprint density at radius 1 is 1.29 bits per heavy atom. The normalized spacial score (nSPS) is 29.5. The molecule has 3 aliphatic rings. The zero-order chi connectivity index (χ0) is 19.3. The number of rotatable bonds is 3. The number of hydrogen-bond donors (Lipinski definition) is 2. The third-order valence-corrected chi connectivity index (χ3v) is 7.58. The molecule has 1 aromatic heterocycles. The topological polar surface area (TPSA) is 50.4 Å². The highest BCUT2D eigenvalue weighted by molar-refractivity contribution is 7.16. The highest BCUT2D eigenvalue weighted by Gasteiger charge is 2.46. The van der Waals surface area contributed by atoms with Crippen LogP contribution in [-0.2, 0) is 16.8 Å². The van der Waals surface area contributed by atoms with Crippen molar-refractivity contribution in [3.63, 3.8) is 0 Å². The summed E-state index contributed by atoms with van der Waals surface area (Å²) in [4.78, 5) is 13.6. The van der Waals surface area contributed by atoms with Gasteiger partial charge in [-0.1, -0.05) is 23.7 Å². The number of ether oxygens (including phenoxy) is 1. The maximum atomic E-state index is 12.3. The lowest BCUT2D eigenvalue weighted by Gasteiger charge is -2.46. The molecule has 0 bridgehead atoms. The van der Waals surface area contributed by atoms with Gasteiger partial charge in [0.1, 0.15) is 5.60 Å². The van der Waals surface area contributed by atoms with Crippen LogP contribution in [0.5, 0.6) is 0 Å². The summed E-state index contributed by atoms with van der Waals surface area (Å²) in [5, 5.41) is 6.77. The van der Waals surface area contributed by atoms with E-state index in [2.05, 4.69) is 35.8 Å². The molecule has 1 saturated carbocycles.